The number of hydrogen-bond acceptors (Lipinski definition) is 3. The van der Waals surface area contributed by atoms with Crippen molar-refractivity contribution in [2.45, 2.75) is 19.0 Å². The van der Waals surface area contributed by atoms with E-state index in [0.717, 1.165) is 6.07 Å². The summed E-state index contributed by atoms with van der Waals surface area (Å²) < 4.78 is 26.1. The van der Waals surface area contributed by atoms with Crippen molar-refractivity contribution in [3.8, 4) is 0 Å². The molecule has 0 heterocycles. The fourth-order valence-electron chi connectivity index (χ4n) is 1.16. The summed E-state index contributed by atoms with van der Waals surface area (Å²) in [6, 6.07) is 3.89. The van der Waals surface area contributed by atoms with E-state index in [9.17, 15) is 8.78 Å². The number of rotatable bonds is 5. The lowest BCUT2D eigenvalue weighted by molar-refractivity contribution is 0.103. The maximum Gasteiger partial charge on any atom is 0.163 e. The van der Waals surface area contributed by atoms with E-state index in [1.165, 1.54) is 12.1 Å². The second-order valence-electron chi connectivity index (χ2n) is 3.94. The molecule has 1 aromatic carbocycles. The summed E-state index contributed by atoms with van der Waals surface area (Å²) in [4.78, 5) is 0. The van der Waals surface area contributed by atoms with Crippen molar-refractivity contribution in [2.75, 3.05) is 13.2 Å². The Labute approximate surface area is 92.7 Å². The van der Waals surface area contributed by atoms with Crippen LogP contribution in [-0.4, -0.2) is 29.0 Å². The van der Waals surface area contributed by atoms with E-state index < -0.39 is 17.2 Å². The lowest BCUT2D eigenvalue weighted by Gasteiger charge is -2.26. The third-order valence-electron chi connectivity index (χ3n) is 2.44. The van der Waals surface area contributed by atoms with Gasteiger partial charge in [0.05, 0.1) is 18.8 Å². The minimum Gasteiger partial charge on any atom is -0.394 e. The second-order valence-corrected chi connectivity index (χ2v) is 3.94. The standard InChI is InChI=1S/C11H15F2NO2/c1-11(6-15,7-16)14-5-8-3-2-4-9(12)10(8)13/h2-4,14-16H,5-7H2,1H3. The average molecular weight is 231 g/mol. The maximum absolute atomic E-state index is 13.2. The summed E-state index contributed by atoms with van der Waals surface area (Å²) in [5, 5.41) is 20.8. The molecule has 0 aliphatic heterocycles. The van der Waals surface area contributed by atoms with Gasteiger partial charge in [0, 0.05) is 12.1 Å². The van der Waals surface area contributed by atoms with Gasteiger partial charge in [-0.2, -0.15) is 0 Å². The largest absolute Gasteiger partial charge is 0.394 e. The molecule has 1 rings (SSSR count). The van der Waals surface area contributed by atoms with Crippen molar-refractivity contribution in [1.29, 1.82) is 0 Å². The van der Waals surface area contributed by atoms with Gasteiger partial charge in [0.15, 0.2) is 11.6 Å². The first-order valence-electron chi connectivity index (χ1n) is 4.92. The predicted octanol–water partition coefficient (Wildman–Crippen LogP) is 0.798. The summed E-state index contributed by atoms with van der Waals surface area (Å²) in [6.07, 6.45) is 0. The zero-order valence-corrected chi connectivity index (χ0v) is 9.00. The summed E-state index contributed by atoms with van der Waals surface area (Å²) in [6.45, 7) is 1.05. The minimum absolute atomic E-state index is 0.0429. The molecule has 3 N–H and O–H groups in total. The first kappa shape index (κ1) is 13.0. The number of aliphatic hydroxyl groups excluding tert-OH is 2. The van der Waals surface area contributed by atoms with Crippen molar-refractivity contribution in [1.82, 2.24) is 5.32 Å². The highest BCUT2D eigenvalue weighted by Crippen LogP contribution is 2.12. The molecule has 0 bridgehead atoms. The van der Waals surface area contributed by atoms with Crippen molar-refractivity contribution in [3.63, 3.8) is 0 Å². The van der Waals surface area contributed by atoms with Crippen LogP contribution in [0, 0.1) is 11.6 Å². The van der Waals surface area contributed by atoms with Crippen LogP contribution >= 0.6 is 0 Å². The Hall–Kier alpha value is -1.04. The highest BCUT2D eigenvalue weighted by molar-refractivity contribution is 5.19. The van der Waals surface area contributed by atoms with Crippen LogP contribution in [0.4, 0.5) is 8.78 Å². The normalized spacial score (nSPS) is 11.8. The second kappa shape index (κ2) is 5.34. The molecule has 0 amide bonds. The Morgan fingerprint density at radius 2 is 1.88 bits per heavy atom. The van der Waals surface area contributed by atoms with Crippen LogP contribution in [0.2, 0.25) is 0 Å². The van der Waals surface area contributed by atoms with E-state index in [0.29, 0.717) is 0 Å². The molecule has 0 saturated heterocycles. The molecule has 90 valence electrons. The SMILES string of the molecule is CC(CO)(CO)NCc1cccc(F)c1F. The van der Waals surface area contributed by atoms with Crippen LogP contribution in [0.5, 0.6) is 0 Å². The highest BCUT2D eigenvalue weighted by atomic mass is 19.2. The molecule has 1 aromatic rings. The molecule has 0 aromatic heterocycles. The van der Waals surface area contributed by atoms with E-state index in [2.05, 4.69) is 5.32 Å². The van der Waals surface area contributed by atoms with Crippen LogP contribution in [-0.2, 0) is 6.54 Å². The molecular weight excluding hydrogens is 216 g/mol. The fourth-order valence-corrected chi connectivity index (χ4v) is 1.16. The maximum atomic E-state index is 13.2. The number of hydrogen-bond donors (Lipinski definition) is 3. The van der Waals surface area contributed by atoms with Crippen molar-refractivity contribution in [2.24, 2.45) is 0 Å². The first-order chi connectivity index (χ1) is 7.52. The molecule has 0 aliphatic rings. The van der Waals surface area contributed by atoms with Gasteiger partial charge in [0.1, 0.15) is 0 Å². The summed E-state index contributed by atoms with van der Waals surface area (Å²) in [5.41, 5.74) is -0.744. The molecule has 0 unspecified atom stereocenters. The lowest BCUT2D eigenvalue weighted by Crippen LogP contribution is -2.48. The minimum atomic E-state index is -0.909. The molecule has 0 spiro atoms. The molecular formula is C11H15F2NO2. The average Bonchev–Trinajstić information content (AvgIpc) is 2.31. The molecule has 16 heavy (non-hydrogen) atoms. The molecule has 0 atom stereocenters. The lowest BCUT2D eigenvalue weighted by atomic mass is 10.0. The van der Waals surface area contributed by atoms with Gasteiger partial charge in [-0.25, -0.2) is 8.78 Å². The van der Waals surface area contributed by atoms with Gasteiger partial charge >= 0.3 is 0 Å². The van der Waals surface area contributed by atoms with Crippen LogP contribution in [0.25, 0.3) is 0 Å². The predicted molar refractivity (Wildman–Crippen MR) is 55.8 cm³/mol. The van der Waals surface area contributed by atoms with Crippen LogP contribution in [0.1, 0.15) is 12.5 Å². The highest BCUT2D eigenvalue weighted by Gasteiger charge is 2.21. The van der Waals surface area contributed by atoms with Gasteiger partial charge < -0.3 is 15.5 Å². The Bertz CT molecular complexity index is 354. The first-order valence-corrected chi connectivity index (χ1v) is 4.92. The van der Waals surface area contributed by atoms with Crippen molar-refractivity contribution < 1.29 is 19.0 Å². The zero-order chi connectivity index (χ0) is 12.2. The van der Waals surface area contributed by atoms with Gasteiger partial charge in [-0.3, -0.25) is 0 Å². The Balaban J connectivity index is 2.71. The van der Waals surface area contributed by atoms with Crippen LogP contribution in [0.15, 0.2) is 18.2 Å². The number of aliphatic hydroxyl groups is 2. The zero-order valence-electron chi connectivity index (χ0n) is 9.00. The summed E-state index contributed by atoms with van der Waals surface area (Å²) >= 11 is 0. The molecule has 0 radical (unpaired) electrons. The Morgan fingerprint density at radius 1 is 1.25 bits per heavy atom. The van der Waals surface area contributed by atoms with E-state index in [1.807, 2.05) is 0 Å². The molecule has 5 heteroatoms. The topological polar surface area (TPSA) is 52.5 Å². The molecule has 3 nitrogen and oxygen atoms in total. The van der Waals surface area contributed by atoms with Gasteiger partial charge in [-0.15, -0.1) is 0 Å². The van der Waals surface area contributed by atoms with E-state index in [1.54, 1.807) is 6.92 Å². The van der Waals surface area contributed by atoms with Gasteiger partial charge in [-0.1, -0.05) is 12.1 Å². The third kappa shape index (κ3) is 2.98. The molecule has 0 aliphatic carbocycles. The van der Waals surface area contributed by atoms with Crippen LogP contribution < -0.4 is 5.32 Å². The quantitative estimate of drug-likeness (QED) is 0.702. The monoisotopic (exact) mass is 231 g/mol. The summed E-state index contributed by atoms with van der Waals surface area (Å²) in [7, 11) is 0. The molecule has 0 saturated carbocycles. The number of nitrogens with one attached hydrogen (secondary N) is 1. The van der Waals surface area contributed by atoms with Crippen molar-refractivity contribution in [3.05, 3.63) is 35.4 Å². The number of benzene rings is 1. The van der Waals surface area contributed by atoms with E-state index in [-0.39, 0.29) is 25.3 Å². The van der Waals surface area contributed by atoms with Gasteiger partial charge in [0.25, 0.3) is 0 Å². The number of halogens is 2. The van der Waals surface area contributed by atoms with E-state index in [4.69, 9.17) is 10.2 Å². The van der Waals surface area contributed by atoms with Gasteiger partial charge in [0.2, 0.25) is 0 Å². The smallest absolute Gasteiger partial charge is 0.163 e. The van der Waals surface area contributed by atoms with Crippen molar-refractivity contribution >= 4 is 0 Å². The Morgan fingerprint density at radius 3 is 2.44 bits per heavy atom. The summed E-state index contributed by atoms with van der Waals surface area (Å²) in [5.74, 6) is -1.82. The Kier molecular flexibility index (Phi) is 4.35. The third-order valence-corrected chi connectivity index (χ3v) is 2.44. The van der Waals surface area contributed by atoms with Crippen LogP contribution in [0.3, 0.4) is 0 Å². The molecule has 0 fully saturated rings. The van der Waals surface area contributed by atoms with E-state index >= 15 is 0 Å². The fraction of sp³-hybridized carbons (Fsp3) is 0.455. The van der Waals surface area contributed by atoms with Gasteiger partial charge in [-0.05, 0) is 13.0 Å².